The fourth-order valence-electron chi connectivity index (χ4n) is 1.81. The maximum atomic E-state index is 10.5. The first kappa shape index (κ1) is 12.7. The highest BCUT2D eigenvalue weighted by molar-refractivity contribution is 7.99. The van der Waals surface area contributed by atoms with Gasteiger partial charge in [0.05, 0.1) is 5.97 Å². The summed E-state index contributed by atoms with van der Waals surface area (Å²) in [6.07, 6.45) is 3.49. The van der Waals surface area contributed by atoms with Crippen LogP contribution in [0.4, 0.5) is 0 Å². The zero-order valence-electron chi connectivity index (χ0n) is 10.2. The van der Waals surface area contributed by atoms with Gasteiger partial charge < -0.3 is 9.90 Å². The summed E-state index contributed by atoms with van der Waals surface area (Å²) in [5, 5.41) is 11.1. The summed E-state index contributed by atoms with van der Waals surface area (Å²) in [5.74, 6) is -1.18. The van der Waals surface area contributed by atoms with Gasteiger partial charge in [0.15, 0.2) is 5.16 Å². The summed E-state index contributed by atoms with van der Waals surface area (Å²) in [6.45, 7) is 4.06. The van der Waals surface area contributed by atoms with E-state index in [0.29, 0.717) is 5.16 Å². The predicted octanol–water partition coefficient (Wildman–Crippen LogP) is 1.33. The van der Waals surface area contributed by atoms with Crippen molar-refractivity contribution in [3.63, 3.8) is 0 Å². The molecular weight excluding hydrogens is 248 g/mol. The zero-order valence-corrected chi connectivity index (χ0v) is 11.0. The van der Waals surface area contributed by atoms with Crippen LogP contribution in [0.15, 0.2) is 35.7 Å². The minimum Gasteiger partial charge on any atom is -0.549 e. The molecule has 0 aliphatic heterocycles. The summed E-state index contributed by atoms with van der Waals surface area (Å²) in [7, 11) is 0. The Bertz CT molecular complexity index is 558. The van der Waals surface area contributed by atoms with E-state index in [9.17, 15) is 9.90 Å². The molecule has 0 saturated carbocycles. The molecule has 2 rings (SSSR count). The lowest BCUT2D eigenvalue weighted by Gasteiger charge is -2.09. The number of carboxylic acid groups (broad SMARTS) is 1. The zero-order chi connectivity index (χ0) is 13.1. The van der Waals surface area contributed by atoms with Crippen LogP contribution in [0.3, 0.4) is 0 Å². The molecule has 0 fully saturated rings. The number of aliphatic carboxylic acids is 1. The average Bonchev–Trinajstić information content (AvgIpc) is 2.72. The molecule has 0 radical (unpaired) electrons. The van der Waals surface area contributed by atoms with Crippen molar-refractivity contribution in [3.8, 4) is 5.69 Å². The molecule has 4 nitrogen and oxygen atoms in total. The molecule has 1 heterocycles. The lowest BCUT2D eigenvalue weighted by molar-refractivity contribution is -0.301. The molecule has 1 aromatic carbocycles. The van der Waals surface area contributed by atoms with Crippen molar-refractivity contribution in [3.05, 3.63) is 41.7 Å². The van der Waals surface area contributed by atoms with Gasteiger partial charge >= 0.3 is 0 Å². The Hall–Kier alpha value is -1.75. The van der Waals surface area contributed by atoms with Crippen LogP contribution in [0.25, 0.3) is 5.69 Å². The summed E-state index contributed by atoms with van der Waals surface area (Å²) in [4.78, 5) is 14.6. The Morgan fingerprint density at radius 2 is 2.00 bits per heavy atom. The van der Waals surface area contributed by atoms with Crippen molar-refractivity contribution < 1.29 is 9.90 Å². The van der Waals surface area contributed by atoms with E-state index in [1.54, 1.807) is 6.20 Å². The molecule has 1 aromatic heterocycles. The maximum absolute atomic E-state index is 10.5. The third kappa shape index (κ3) is 2.92. The molecule has 0 unspecified atom stereocenters. The molecule has 5 heteroatoms. The number of carboxylic acids is 1. The quantitative estimate of drug-likeness (QED) is 0.779. The van der Waals surface area contributed by atoms with E-state index in [0.717, 1.165) is 28.6 Å². The first-order valence-electron chi connectivity index (χ1n) is 5.51. The number of hydrogen-bond acceptors (Lipinski definition) is 4. The first-order valence-corrected chi connectivity index (χ1v) is 6.49. The Morgan fingerprint density at radius 3 is 2.61 bits per heavy atom. The van der Waals surface area contributed by atoms with Gasteiger partial charge in [0, 0.05) is 23.8 Å². The van der Waals surface area contributed by atoms with Crippen LogP contribution in [0.1, 0.15) is 11.1 Å². The van der Waals surface area contributed by atoms with Gasteiger partial charge in [0.2, 0.25) is 0 Å². The minimum absolute atomic E-state index is 0.0954. The molecule has 18 heavy (non-hydrogen) atoms. The van der Waals surface area contributed by atoms with Crippen molar-refractivity contribution in [2.24, 2.45) is 0 Å². The van der Waals surface area contributed by atoms with Crippen LogP contribution >= 0.6 is 11.8 Å². The lowest BCUT2D eigenvalue weighted by atomic mass is 10.1. The molecule has 0 amide bonds. The number of aromatic nitrogens is 2. The van der Waals surface area contributed by atoms with Crippen LogP contribution in [0.5, 0.6) is 0 Å². The van der Waals surface area contributed by atoms with E-state index in [4.69, 9.17) is 0 Å². The van der Waals surface area contributed by atoms with E-state index in [-0.39, 0.29) is 5.75 Å². The SMILES string of the molecule is Cc1cc(C)cc(-n2ccnc2SCC(=O)[O-])c1. The van der Waals surface area contributed by atoms with Gasteiger partial charge in [0.25, 0.3) is 0 Å². The molecule has 0 spiro atoms. The largest absolute Gasteiger partial charge is 0.549 e. The van der Waals surface area contributed by atoms with Crippen LogP contribution in [-0.4, -0.2) is 21.3 Å². The maximum Gasteiger partial charge on any atom is 0.172 e. The molecule has 0 aliphatic carbocycles. The van der Waals surface area contributed by atoms with E-state index in [1.807, 2.05) is 36.7 Å². The second kappa shape index (κ2) is 5.27. The number of carbonyl (C=O) groups is 1. The summed E-state index contributed by atoms with van der Waals surface area (Å²) < 4.78 is 1.88. The smallest absolute Gasteiger partial charge is 0.172 e. The molecule has 94 valence electrons. The number of thioether (sulfide) groups is 1. The Kier molecular flexibility index (Phi) is 3.72. The molecule has 0 atom stereocenters. The number of imidazole rings is 1. The van der Waals surface area contributed by atoms with Crippen molar-refractivity contribution in [1.82, 2.24) is 9.55 Å². The van der Waals surface area contributed by atoms with Gasteiger partial charge in [-0.3, -0.25) is 4.57 Å². The van der Waals surface area contributed by atoms with Crippen molar-refractivity contribution in [2.75, 3.05) is 5.75 Å². The van der Waals surface area contributed by atoms with Gasteiger partial charge in [0.1, 0.15) is 0 Å². The second-order valence-electron chi connectivity index (χ2n) is 4.09. The third-order valence-corrected chi connectivity index (χ3v) is 3.35. The van der Waals surface area contributed by atoms with E-state index in [2.05, 4.69) is 11.1 Å². The molecule has 0 saturated heterocycles. The van der Waals surface area contributed by atoms with Gasteiger partial charge in [-0.1, -0.05) is 17.8 Å². The highest BCUT2D eigenvalue weighted by Gasteiger charge is 2.06. The first-order chi connectivity index (χ1) is 8.56. The van der Waals surface area contributed by atoms with Gasteiger partial charge in [-0.05, 0) is 37.1 Å². The van der Waals surface area contributed by atoms with Gasteiger partial charge in [-0.2, -0.15) is 0 Å². The predicted molar refractivity (Wildman–Crippen MR) is 68.8 cm³/mol. The van der Waals surface area contributed by atoms with Crippen LogP contribution in [-0.2, 0) is 4.79 Å². The number of nitrogens with zero attached hydrogens (tertiary/aromatic N) is 2. The summed E-state index contributed by atoms with van der Waals surface area (Å²) in [6, 6.07) is 6.17. The molecule has 0 aliphatic rings. The van der Waals surface area contributed by atoms with Crippen LogP contribution in [0.2, 0.25) is 0 Å². The van der Waals surface area contributed by atoms with E-state index < -0.39 is 5.97 Å². The van der Waals surface area contributed by atoms with Crippen LogP contribution in [0, 0.1) is 13.8 Å². The standard InChI is InChI=1S/C13H14N2O2S/c1-9-5-10(2)7-11(6-9)15-4-3-14-13(15)18-8-12(16)17/h3-7H,8H2,1-2H3,(H,16,17)/p-1. The van der Waals surface area contributed by atoms with Crippen LogP contribution < -0.4 is 5.11 Å². The number of hydrogen-bond donors (Lipinski definition) is 0. The molecular formula is C13H13N2O2S-. The summed E-state index contributed by atoms with van der Waals surface area (Å²) >= 11 is 1.16. The number of carbonyl (C=O) groups excluding carboxylic acids is 1. The third-order valence-electron chi connectivity index (χ3n) is 2.41. The molecule has 0 bridgehead atoms. The lowest BCUT2D eigenvalue weighted by Crippen LogP contribution is -2.24. The van der Waals surface area contributed by atoms with Crippen molar-refractivity contribution in [2.45, 2.75) is 19.0 Å². The fraction of sp³-hybridized carbons (Fsp3) is 0.231. The number of rotatable bonds is 4. The van der Waals surface area contributed by atoms with Crippen molar-refractivity contribution in [1.29, 1.82) is 0 Å². The number of aryl methyl sites for hydroxylation is 2. The Labute approximate surface area is 110 Å². The van der Waals surface area contributed by atoms with Gasteiger partial charge in [-0.15, -0.1) is 0 Å². The topological polar surface area (TPSA) is 58.0 Å². The van der Waals surface area contributed by atoms with Crippen molar-refractivity contribution >= 4 is 17.7 Å². The highest BCUT2D eigenvalue weighted by atomic mass is 32.2. The Morgan fingerprint density at radius 1 is 1.33 bits per heavy atom. The van der Waals surface area contributed by atoms with Gasteiger partial charge in [-0.25, -0.2) is 4.98 Å². The minimum atomic E-state index is -1.09. The Balaban J connectivity index is 2.33. The average molecular weight is 261 g/mol. The normalized spacial score (nSPS) is 10.6. The van der Waals surface area contributed by atoms with E-state index in [1.165, 1.54) is 0 Å². The molecule has 2 aromatic rings. The summed E-state index contributed by atoms with van der Waals surface area (Å²) in [5.41, 5.74) is 3.31. The fourth-order valence-corrected chi connectivity index (χ4v) is 2.49. The van der Waals surface area contributed by atoms with E-state index >= 15 is 0 Å². The highest BCUT2D eigenvalue weighted by Crippen LogP contribution is 2.21. The molecule has 0 N–H and O–H groups in total. The monoisotopic (exact) mass is 261 g/mol. The second-order valence-corrected chi connectivity index (χ2v) is 5.03. The number of benzene rings is 1.